The number of benzene rings is 1. The molecular formula is C26H33N3O2. The molecule has 0 aliphatic heterocycles. The van der Waals surface area contributed by atoms with Crippen molar-refractivity contribution in [1.29, 1.82) is 5.26 Å². The number of pyridine rings is 1. The van der Waals surface area contributed by atoms with Gasteiger partial charge in [-0.2, -0.15) is 5.26 Å². The summed E-state index contributed by atoms with van der Waals surface area (Å²) in [6, 6.07) is 9.61. The van der Waals surface area contributed by atoms with Gasteiger partial charge in [0.2, 0.25) is 0 Å². The van der Waals surface area contributed by atoms with Gasteiger partial charge in [-0.25, -0.2) is 0 Å². The molecule has 2 aromatic rings. The summed E-state index contributed by atoms with van der Waals surface area (Å²) in [6.45, 7) is 16.6. The first-order valence-electron chi connectivity index (χ1n) is 10.8. The maximum Gasteiger partial charge on any atom is 0.253 e. The van der Waals surface area contributed by atoms with Gasteiger partial charge in [-0.1, -0.05) is 41.5 Å². The molecule has 0 radical (unpaired) electrons. The van der Waals surface area contributed by atoms with Crippen LogP contribution in [0, 0.1) is 36.0 Å². The summed E-state index contributed by atoms with van der Waals surface area (Å²) in [5.74, 6) is 1.01. The highest BCUT2D eigenvalue weighted by atomic mass is 16.5. The fourth-order valence-electron chi connectivity index (χ4n) is 5.07. The van der Waals surface area contributed by atoms with Crippen LogP contribution in [-0.2, 0) is 0 Å². The molecule has 31 heavy (non-hydrogen) atoms. The maximum absolute atomic E-state index is 12.9. The van der Waals surface area contributed by atoms with Crippen molar-refractivity contribution < 1.29 is 9.53 Å². The van der Waals surface area contributed by atoms with Crippen LogP contribution in [0.5, 0.6) is 5.75 Å². The van der Waals surface area contributed by atoms with Crippen LogP contribution in [0.3, 0.4) is 0 Å². The molecule has 0 unspecified atom stereocenters. The molecule has 164 valence electrons. The first-order chi connectivity index (χ1) is 14.4. The van der Waals surface area contributed by atoms with E-state index < -0.39 is 0 Å². The molecule has 5 heteroatoms. The lowest BCUT2D eigenvalue weighted by Crippen LogP contribution is -2.74. The molecule has 0 saturated heterocycles. The smallest absolute Gasteiger partial charge is 0.253 e. The predicted molar refractivity (Wildman–Crippen MR) is 122 cm³/mol. The molecule has 1 heterocycles. The summed E-state index contributed by atoms with van der Waals surface area (Å²) in [4.78, 5) is 17.3. The summed E-state index contributed by atoms with van der Waals surface area (Å²) in [6.07, 6.45) is 1.57. The third-order valence-electron chi connectivity index (χ3n) is 6.86. The molecule has 1 aliphatic rings. The number of ether oxygens (including phenoxy) is 1. The Morgan fingerprint density at radius 3 is 2.26 bits per heavy atom. The average molecular weight is 420 g/mol. The van der Waals surface area contributed by atoms with E-state index in [4.69, 9.17) is 4.74 Å². The van der Waals surface area contributed by atoms with Crippen LogP contribution in [0.1, 0.15) is 80.2 Å². The average Bonchev–Trinajstić information content (AvgIpc) is 2.72. The standard InChI is InChI=1S/C26H33N3O2/c1-15(2)20-11-9-19(14-28-20)22(30)29-23-25(5,6)24(26(23,7)8)31-21-12-10-18(13-27)16(3)17(21)4/h9-12,14-15,23-24H,1-8H3,(H,29,30). The van der Waals surface area contributed by atoms with Gasteiger partial charge in [0.1, 0.15) is 11.9 Å². The third-order valence-corrected chi connectivity index (χ3v) is 6.86. The fourth-order valence-corrected chi connectivity index (χ4v) is 5.07. The summed E-state index contributed by atoms with van der Waals surface area (Å²) >= 11 is 0. The highest BCUT2D eigenvalue weighted by Gasteiger charge is 2.64. The number of nitrogens with zero attached hydrogens (tertiary/aromatic N) is 2. The summed E-state index contributed by atoms with van der Waals surface area (Å²) in [5, 5.41) is 12.5. The molecule has 1 amide bonds. The van der Waals surface area contributed by atoms with E-state index in [0.717, 1.165) is 22.6 Å². The minimum Gasteiger partial charge on any atom is -0.489 e. The number of rotatable bonds is 5. The second-order valence-electron chi connectivity index (χ2n) is 10.1. The van der Waals surface area contributed by atoms with Crippen LogP contribution in [0.2, 0.25) is 0 Å². The van der Waals surface area contributed by atoms with Crippen molar-refractivity contribution in [2.24, 2.45) is 10.8 Å². The number of carbonyl (C=O) groups is 1. The molecule has 0 spiro atoms. The topological polar surface area (TPSA) is 75.0 Å². The molecule has 0 bridgehead atoms. The van der Waals surface area contributed by atoms with Gasteiger partial charge in [0.15, 0.2) is 0 Å². The molecule has 0 atom stereocenters. The van der Waals surface area contributed by atoms with E-state index in [9.17, 15) is 10.1 Å². The van der Waals surface area contributed by atoms with Gasteiger partial charge < -0.3 is 10.1 Å². The number of hydrogen-bond donors (Lipinski definition) is 1. The van der Waals surface area contributed by atoms with Crippen LogP contribution in [0.4, 0.5) is 0 Å². The fraction of sp³-hybridized carbons (Fsp3) is 0.500. The van der Waals surface area contributed by atoms with Crippen molar-refractivity contribution in [1.82, 2.24) is 10.3 Å². The highest BCUT2D eigenvalue weighted by molar-refractivity contribution is 5.94. The van der Waals surface area contributed by atoms with E-state index in [1.807, 2.05) is 38.1 Å². The summed E-state index contributed by atoms with van der Waals surface area (Å²) in [5.41, 5.74) is 3.60. The van der Waals surface area contributed by atoms with E-state index in [-0.39, 0.29) is 28.9 Å². The molecule has 3 rings (SSSR count). The number of nitriles is 1. The van der Waals surface area contributed by atoms with E-state index in [1.165, 1.54) is 0 Å². The van der Waals surface area contributed by atoms with Gasteiger partial charge in [-0.05, 0) is 55.2 Å². The minimum atomic E-state index is -0.265. The number of nitrogens with one attached hydrogen (secondary N) is 1. The lowest BCUT2D eigenvalue weighted by atomic mass is 9.49. The molecule has 1 aliphatic carbocycles. The Kier molecular flexibility index (Phi) is 5.88. The molecule has 1 fully saturated rings. The maximum atomic E-state index is 12.9. The number of amides is 1. The lowest BCUT2D eigenvalue weighted by molar-refractivity contribution is -0.164. The molecule has 1 N–H and O–H groups in total. The van der Waals surface area contributed by atoms with Crippen LogP contribution in [-0.4, -0.2) is 23.0 Å². The number of hydrogen-bond acceptors (Lipinski definition) is 4. The molecule has 1 aromatic heterocycles. The second kappa shape index (κ2) is 8.00. The van der Waals surface area contributed by atoms with Gasteiger partial charge in [-0.15, -0.1) is 0 Å². The van der Waals surface area contributed by atoms with E-state index in [0.29, 0.717) is 17.0 Å². The third kappa shape index (κ3) is 3.92. The van der Waals surface area contributed by atoms with Crippen molar-refractivity contribution in [2.45, 2.75) is 73.5 Å². The van der Waals surface area contributed by atoms with Crippen LogP contribution >= 0.6 is 0 Å². The van der Waals surface area contributed by atoms with Crippen molar-refractivity contribution in [3.63, 3.8) is 0 Å². The SMILES string of the molecule is Cc1c(C#N)ccc(OC2C(C)(C)C(NC(=O)c3ccc(C(C)C)nc3)C2(C)C)c1C. The summed E-state index contributed by atoms with van der Waals surface area (Å²) < 4.78 is 6.48. The molecule has 5 nitrogen and oxygen atoms in total. The van der Waals surface area contributed by atoms with Crippen molar-refractivity contribution in [3.8, 4) is 11.8 Å². The second-order valence-corrected chi connectivity index (χ2v) is 10.1. The zero-order chi connectivity index (χ0) is 23.1. The Morgan fingerprint density at radius 1 is 1.10 bits per heavy atom. The Balaban J connectivity index is 1.77. The predicted octanol–water partition coefficient (Wildman–Crippen LogP) is 5.31. The van der Waals surface area contributed by atoms with Crippen molar-refractivity contribution >= 4 is 5.91 Å². The zero-order valence-electron chi connectivity index (χ0n) is 19.8. The molecule has 1 saturated carbocycles. The van der Waals surface area contributed by atoms with E-state index in [1.54, 1.807) is 6.20 Å². The zero-order valence-corrected chi connectivity index (χ0v) is 19.8. The Morgan fingerprint density at radius 2 is 1.74 bits per heavy atom. The van der Waals surface area contributed by atoms with Gasteiger partial charge >= 0.3 is 0 Å². The Hall–Kier alpha value is -2.87. The largest absolute Gasteiger partial charge is 0.489 e. The van der Waals surface area contributed by atoms with Gasteiger partial charge in [0.05, 0.1) is 17.2 Å². The minimum absolute atomic E-state index is 0.0536. The Labute approximate surface area is 185 Å². The van der Waals surface area contributed by atoms with Crippen molar-refractivity contribution in [3.05, 3.63) is 58.4 Å². The lowest BCUT2D eigenvalue weighted by Gasteiger charge is -2.63. The highest BCUT2D eigenvalue weighted by Crippen LogP contribution is 2.55. The quantitative estimate of drug-likeness (QED) is 0.713. The summed E-state index contributed by atoms with van der Waals surface area (Å²) in [7, 11) is 0. The Bertz CT molecular complexity index is 1010. The van der Waals surface area contributed by atoms with Gasteiger partial charge in [-0.3, -0.25) is 9.78 Å². The molecular weight excluding hydrogens is 386 g/mol. The van der Waals surface area contributed by atoms with Crippen LogP contribution in [0.15, 0.2) is 30.5 Å². The van der Waals surface area contributed by atoms with Gasteiger partial charge in [0, 0.05) is 28.8 Å². The van der Waals surface area contributed by atoms with Gasteiger partial charge in [0.25, 0.3) is 5.91 Å². The van der Waals surface area contributed by atoms with E-state index >= 15 is 0 Å². The van der Waals surface area contributed by atoms with Crippen LogP contribution in [0.25, 0.3) is 0 Å². The first kappa shape index (κ1) is 22.8. The van der Waals surface area contributed by atoms with Crippen molar-refractivity contribution in [2.75, 3.05) is 0 Å². The molecule has 1 aromatic carbocycles. The number of aromatic nitrogens is 1. The first-order valence-corrected chi connectivity index (χ1v) is 10.8. The normalized spacial score (nSPS) is 21.2. The number of carbonyl (C=O) groups excluding carboxylic acids is 1. The van der Waals surface area contributed by atoms with Crippen LogP contribution < -0.4 is 10.1 Å². The van der Waals surface area contributed by atoms with E-state index in [2.05, 4.69) is 57.9 Å². The monoisotopic (exact) mass is 419 g/mol.